The van der Waals surface area contributed by atoms with E-state index in [0.717, 1.165) is 18.0 Å². The molecular weight excluding hydrogens is 180 g/mol. The molecule has 1 heterocycles. The molecule has 4 nitrogen and oxygen atoms in total. The number of aromatic nitrogens is 1. The van der Waals surface area contributed by atoms with E-state index in [1.54, 1.807) is 0 Å². The predicted octanol–water partition coefficient (Wildman–Crippen LogP) is 1.19. The van der Waals surface area contributed by atoms with Gasteiger partial charge in [-0.1, -0.05) is 0 Å². The van der Waals surface area contributed by atoms with Gasteiger partial charge in [-0.25, -0.2) is 4.98 Å². The van der Waals surface area contributed by atoms with Crippen LogP contribution in [0.4, 0.5) is 0 Å². The Hall–Kier alpha value is -0.870. The molecule has 0 spiro atoms. The smallest absolute Gasteiger partial charge is 0.181 e. The van der Waals surface area contributed by atoms with E-state index in [2.05, 4.69) is 23.7 Å². The molecule has 0 aliphatic carbocycles. The van der Waals surface area contributed by atoms with Gasteiger partial charge in [-0.15, -0.1) is 0 Å². The molecule has 0 aliphatic heterocycles. The normalized spacial score (nSPS) is 11.6. The van der Waals surface area contributed by atoms with Crippen molar-refractivity contribution in [1.29, 1.82) is 0 Å². The minimum atomic E-state index is 0.176. The fourth-order valence-electron chi connectivity index (χ4n) is 1.32. The molecule has 0 amide bonds. The molecule has 1 aromatic heterocycles. The van der Waals surface area contributed by atoms with Crippen LogP contribution in [0.3, 0.4) is 0 Å². The van der Waals surface area contributed by atoms with Crippen LogP contribution in [0.1, 0.15) is 25.3 Å². The van der Waals surface area contributed by atoms with Gasteiger partial charge in [0.25, 0.3) is 0 Å². The van der Waals surface area contributed by atoms with E-state index in [4.69, 9.17) is 9.52 Å². The lowest BCUT2D eigenvalue weighted by atomic mass is 10.2. The monoisotopic (exact) mass is 198 g/mol. The summed E-state index contributed by atoms with van der Waals surface area (Å²) in [7, 11) is 0. The highest BCUT2D eigenvalue weighted by Gasteiger charge is 2.12. The van der Waals surface area contributed by atoms with E-state index in [1.807, 2.05) is 6.92 Å². The van der Waals surface area contributed by atoms with Gasteiger partial charge in [-0.2, -0.15) is 0 Å². The van der Waals surface area contributed by atoms with Crippen LogP contribution in [-0.2, 0) is 6.54 Å². The molecule has 80 valence electrons. The number of hydrogen-bond donors (Lipinski definition) is 1. The van der Waals surface area contributed by atoms with E-state index in [1.165, 1.54) is 6.39 Å². The van der Waals surface area contributed by atoms with E-state index in [9.17, 15) is 0 Å². The molecule has 0 saturated carbocycles. The maximum Gasteiger partial charge on any atom is 0.181 e. The Kier molecular flexibility index (Phi) is 4.10. The molecular formula is C10H18N2O2. The molecule has 14 heavy (non-hydrogen) atoms. The van der Waals surface area contributed by atoms with Crippen LogP contribution in [0.2, 0.25) is 0 Å². The minimum Gasteiger partial charge on any atom is -0.448 e. The van der Waals surface area contributed by atoms with Gasteiger partial charge in [0.2, 0.25) is 0 Å². The third-order valence-corrected chi connectivity index (χ3v) is 2.31. The number of aryl methyl sites for hydroxylation is 1. The van der Waals surface area contributed by atoms with Crippen LogP contribution in [-0.4, -0.2) is 34.2 Å². The lowest BCUT2D eigenvalue weighted by Crippen LogP contribution is -2.33. The first-order valence-corrected chi connectivity index (χ1v) is 4.89. The molecule has 0 aliphatic rings. The third-order valence-electron chi connectivity index (χ3n) is 2.31. The van der Waals surface area contributed by atoms with Crippen molar-refractivity contribution < 1.29 is 9.52 Å². The summed E-state index contributed by atoms with van der Waals surface area (Å²) < 4.78 is 5.12. The summed E-state index contributed by atoms with van der Waals surface area (Å²) in [6, 6.07) is 0.401. The zero-order valence-electron chi connectivity index (χ0n) is 9.03. The van der Waals surface area contributed by atoms with Gasteiger partial charge < -0.3 is 9.52 Å². The molecule has 0 radical (unpaired) electrons. The summed E-state index contributed by atoms with van der Waals surface area (Å²) in [5.41, 5.74) is 0.951. The van der Waals surface area contributed by atoms with Crippen molar-refractivity contribution in [3.63, 3.8) is 0 Å². The maximum absolute atomic E-state index is 8.90. The number of rotatable bonds is 5. The number of oxazole rings is 1. The van der Waals surface area contributed by atoms with Gasteiger partial charge in [0.1, 0.15) is 5.76 Å². The molecule has 0 saturated heterocycles. The summed E-state index contributed by atoms with van der Waals surface area (Å²) in [4.78, 5) is 6.29. The predicted molar refractivity (Wildman–Crippen MR) is 53.9 cm³/mol. The first-order valence-electron chi connectivity index (χ1n) is 4.89. The second kappa shape index (κ2) is 5.12. The van der Waals surface area contributed by atoms with E-state index in [0.29, 0.717) is 12.6 Å². The average Bonchev–Trinajstić information content (AvgIpc) is 2.51. The Morgan fingerprint density at radius 1 is 1.57 bits per heavy atom. The Balaban J connectivity index is 2.60. The molecule has 4 heteroatoms. The van der Waals surface area contributed by atoms with Crippen molar-refractivity contribution in [2.45, 2.75) is 33.4 Å². The van der Waals surface area contributed by atoms with E-state index >= 15 is 0 Å². The lowest BCUT2D eigenvalue weighted by molar-refractivity contribution is 0.157. The Morgan fingerprint density at radius 2 is 2.29 bits per heavy atom. The van der Waals surface area contributed by atoms with Gasteiger partial charge in [0.05, 0.1) is 12.3 Å². The van der Waals surface area contributed by atoms with Crippen LogP contribution in [0, 0.1) is 6.92 Å². The highest BCUT2D eigenvalue weighted by atomic mass is 16.3. The fraction of sp³-hybridized carbons (Fsp3) is 0.700. The number of aliphatic hydroxyl groups excluding tert-OH is 1. The topological polar surface area (TPSA) is 49.5 Å². The second-order valence-corrected chi connectivity index (χ2v) is 3.64. The molecule has 0 aromatic carbocycles. The SMILES string of the molecule is Cc1ocnc1CN(CCO)C(C)C. The summed E-state index contributed by atoms with van der Waals surface area (Å²) in [6.07, 6.45) is 1.46. The largest absolute Gasteiger partial charge is 0.448 e. The van der Waals surface area contributed by atoms with Crippen molar-refractivity contribution in [2.24, 2.45) is 0 Å². The van der Waals surface area contributed by atoms with Crippen LogP contribution in [0.25, 0.3) is 0 Å². The molecule has 1 rings (SSSR count). The minimum absolute atomic E-state index is 0.176. The van der Waals surface area contributed by atoms with Gasteiger partial charge >= 0.3 is 0 Å². The molecule has 0 atom stereocenters. The standard InChI is InChI=1S/C10H18N2O2/c1-8(2)12(4-5-13)6-10-9(3)14-7-11-10/h7-8,13H,4-6H2,1-3H3. The zero-order valence-corrected chi connectivity index (χ0v) is 9.03. The van der Waals surface area contributed by atoms with Crippen molar-refractivity contribution >= 4 is 0 Å². The van der Waals surface area contributed by atoms with Crippen molar-refractivity contribution in [2.75, 3.05) is 13.2 Å². The Bertz CT molecular complexity index is 271. The van der Waals surface area contributed by atoms with Gasteiger partial charge in [-0.3, -0.25) is 4.90 Å². The zero-order chi connectivity index (χ0) is 10.6. The average molecular weight is 198 g/mol. The third kappa shape index (κ3) is 2.82. The van der Waals surface area contributed by atoms with Crippen molar-refractivity contribution in [3.8, 4) is 0 Å². The highest BCUT2D eigenvalue weighted by Crippen LogP contribution is 2.10. The lowest BCUT2D eigenvalue weighted by Gasteiger charge is -2.24. The first-order chi connectivity index (χ1) is 6.65. The van der Waals surface area contributed by atoms with Crippen LogP contribution < -0.4 is 0 Å². The Labute approximate surface area is 84.6 Å². The highest BCUT2D eigenvalue weighted by molar-refractivity contribution is 5.04. The number of hydrogen-bond acceptors (Lipinski definition) is 4. The second-order valence-electron chi connectivity index (χ2n) is 3.64. The molecule has 1 N–H and O–H groups in total. The van der Waals surface area contributed by atoms with Gasteiger partial charge in [0, 0.05) is 19.1 Å². The summed E-state index contributed by atoms with van der Waals surface area (Å²) in [6.45, 7) is 7.69. The van der Waals surface area contributed by atoms with Crippen LogP contribution >= 0.6 is 0 Å². The molecule has 0 unspecified atom stereocenters. The van der Waals surface area contributed by atoms with E-state index in [-0.39, 0.29) is 6.61 Å². The summed E-state index contributed by atoms with van der Waals surface area (Å²) >= 11 is 0. The fourth-order valence-corrected chi connectivity index (χ4v) is 1.32. The number of nitrogens with zero attached hydrogens (tertiary/aromatic N) is 2. The first kappa shape index (κ1) is 11.2. The Morgan fingerprint density at radius 3 is 2.71 bits per heavy atom. The summed E-state index contributed by atoms with van der Waals surface area (Å²) in [5, 5.41) is 8.90. The van der Waals surface area contributed by atoms with Gasteiger partial charge in [-0.05, 0) is 20.8 Å². The molecule has 1 aromatic rings. The van der Waals surface area contributed by atoms with Crippen LogP contribution in [0.5, 0.6) is 0 Å². The van der Waals surface area contributed by atoms with Crippen molar-refractivity contribution in [1.82, 2.24) is 9.88 Å². The molecule has 0 bridgehead atoms. The molecule has 0 fully saturated rings. The maximum atomic E-state index is 8.90. The van der Waals surface area contributed by atoms with Crippen LogP contribution in [0.15, 0.2) is 10.8 Å². The van der Waals surface area contributed by atoms with Crippen molar-refractivity contribution in [3.05, 3.63) is 17.8 Å². The van der Waals surface area contributed by atoms with Gasteiger partial charge in [0.15, 0.2) is 6.39 Å². The summed E-state index contributed by atoms with van der Waals surface area (Å²) in [5.74, 6) is 0.855. The quantitative estimate of drug-likeness (QED) is 0.772. The van der Waals surface area contributed by atoms with E-state index < -0.39 is 0 Å². The number of aliphatic hydroxyl groups is 1.